The Morgan fingerprint density at radius 2 is 1.39 bits per heavy atom. The first kappa shape index (κ1) is 29.4. The first-order chi connectivity index (χ1) is 18.2. The Hall–Kier alpha value is -3.20. The van der Waals surface area contributed by atoms with E-state index in [0.29, 0.717) is 11.6 Å². The van der Waals surface area contributed by atoms with Gasteiger partial charge in [-0.3, -0.25) is 9.59 Å². The molecule has 1 atom stereocenters. The Balaban J connectivity index is 1.97. The molecular formula is C29H34ClN3O4S. The number of rotatable bonds is 13. The Labute approximate surface area is 230 Å². The molecule has 0 fully saturated rings. The summed E-state index contributed by atoms with van der Waals surface area (Å²) >= 11 is 6.07. The van der Waals surface area contributed by atoms with E-state index in [1.54, 1.807) is 24.3 Å². The molecule has 0 radical (unpaired) electrons. The lowest BCUT2D eigenvalue weighted by Gasteiger charge is -2.33. The van der Waals surface area contributed by atoms with E-state index in [0.717, 1.165) is 33.7 Å². The van der Waals surface area contributed by atoms with Crippen LogP contribution < -0.4 is 5.32 Å². The van der Waals surface area contributed by atoms with E-state index >= 15 is 0 Å². The van der Waals surface area contributed by atoms with Crippen molar-refractivity contribution in [3.63, 3.8) is 0 Å². The van der Waals surface area contributed by atoms with Gasteiger partial charge in [-0.15, -0.1) is 0 Å². The fraction of sp³-hybridized carbons (Fsp3) is 0.310. The molecule has 0 heterocycles. The molecule has 3 rings (SSSR count). The third kappa shape index (κ3) is 8.97. The number of nitrogens with zero attached hydrogens (tertiary/aromatic N) is 2. The third-order valence-corrected chi connectivity index (χ3v) is 7.52. The van der Waals surface area contributed by atoms with Crippen LogP contribution in [0.2, 0.25) is 5.02 Å². The van der Waals surface area contributed by atoms with Gasteiger partial charge in [0.05, 0.1) is 12.8 Å². The molecule has 7 nitrogen and oxygen atoms in total. The molecule has 9 heteroatoms. The van der Waals surface area contributed by atoms with E-state index in [2.05, 4.69) is 5.32 Å². The molecule has 38 heavy (non-hydrogen) atoms. The fourth-order valence-electron chi connectivity index (χ4n) is 4.03. The fourth-order valence-corrected chi connectivity index (χ4v) is 4.88. The molecule has 0 aliphatic rings. The normalized spacial score (nSPS) is 12.2. The molecular weight excluding hydrogens is 522 g/mol. The van der Waals surface area contributed by atoms with Gasteiger partial charge in [0.1, 0.15) is 6.04 Å². The van der Waals surface area contributed by atoms with Gasteiger partial charge < -0.3 is 10.2 Å². The Morgan fingerprint density at radius 1 is 0.842 bits per heavy atom. The van der Waals surface area contributed by atoms with Gasteiger partial charge in [-0.25, -0.2) is 8.42 Å². The van der Waals surface area contributed by atoms with Crippen molar-refractivity contribution in [2.24, 2.45) is 0 Å². The van der Waals surface area contributed by atoms with Crippen molar-refractivity contribution >= 4 is 33.4 Å². The number of hydrogen-bond donors (Lipinski definition) is 1. The smallest absolute Gasteiger partial charge is 0.243 e. The van der Waals surface area contributed by atoms with Crippen LogP contribution >= 0.6 is 11.6 Å². The Kier molecular flexibility index (Phi) is 10.9. The lowest BCUT2D eigenvalue weighted by atomic mass is 10.0. The van der Waals surface area contributed by atoms with Gasteiger partial charge >= 0.3 is 0 Å². The zero-order chi connectivity index (χ0) is 27.5. The molecule has 3 aromatic rings. The van der Waals surface area contributed by atoms with Crippen molar-refractivity contribution in [2.45, 2.75) is 38.9 Å². The topological polar surface area (TPSA) is 86.8 Å². The highest BCUT2D eigenvalue weighted by Gasteiger charge is 2.32. The summed E-state index contributed by atoms with van der Waals surface area (Å²) < 4.78 is 26.5. The van der Waals surface area contributed by atoms with Gasteiger partial charge in [-0.2, -0.15) is 4.31 Å². The minimum absolute atomic E-state index is 0.0472. The zero-order valence-corrected chi connectivity index (χ0v) is 23.3. The summed E-state index contributed by atoms with van der Waals surface area (Å²) in [5.41, 5.74) is 2.43. The van der Waals surface area contributed by atoms with Gasteiger partial charge in [0.25, 0.3) is 0 Å². The standard InChI is InChI=1S/C29H34ClN3O4S/c1-3-18-31-29(35)27(19-23-10-6-4-7-11-23)33(21-25-14-16-26(30)17-15-25)28(34)22-32(38(2,36)37)20-24-12-8-5-9-13-24/h4-17,27H,3,18-22H2,1-2H3,(H,31,35). The van der Waals surface area contributed by atoms with Crippen LogP contribution in [0.3, 0.4) is 0 Å². The van der Waals surface area contributed by atoms with Crippen molar-refractivity contribution in [3.05, 3.63) is 107 Å². The lowest BCUT2D eigenvalue weighted by Crippen LogP contribution is -2.53. The average molecular weight is 556 g/mol. The molecule has 0 saturated carbocycles. The number of nitrogens with one attached hydrogen (secondary N) is 1. The van der Waals surface area contributed by atoms with Crippen LogP contribution in [-0.2, 0) is 39.1 Å². The van der Waals surface area contributed by atoms with Crippen molar-refractivity contribution in [1.82, 2.24) is 14.5 Å². The van der Waals surface area contributed by atoms with Crippen molar-refractivity contribution in [3.8, 4) is 0 Å². The highest BCUT2D eigenvalue weighted by molar-refractivity contribution is 7.88. The quantitative estimate of drug-likeness (QED) is 0.341. The maximum Gasteiger partial charge on any atom is 0.243 e. The SMILES string of the molecule is CCCNC(=O)C(Cc1ccccc1)N(Cc1ccc(Cl)cc1)C(=O)CN(Cc1ccccc1)S(C)(=O)=O. The first-order valence-electron chi connectivity index (χ1n) is 12.5. The second kappa shape index (κ2) is 14.1. The van der Waals surface area contributed by atoms with Gasteiger partial charge in [0, 0.05) is 31.1 Å². The summed E-state index contributed by atoms with van der Waals surface area (Å²) in [7, 11) is -3.72. The highest BCUT2D eigenvalue weighted by atomic mass is 35.5. The Morgan fingerprint density at radius 3 is 1.95 bits per heavy atom. The predicted octanol–water partition coefficient (Wildman–Crippen LogP) is 4.27. The number of carbonyl (C=O) groups is 2. The van der Waals surface area contributed by atoms with Crippen LogP contribution in [0.25, 0.3) is 0 Å². The molecule has 0 bridgehead atoms. The molecule has 202 valence electrons. The number of amides is 2. The van der Waals surface area contributed by atoms with Crippen LogP contribution in [0.5, 0.6) is 0 Å². The molecule has 0 spiro atoms. The summed E-state index contributed by atoms with van der Waals surface area (Å²) in [5.74, 6) is -0.749. The molecule has 0 aliphatic heterocycles. The minimum atomic E-state index is -3.72. The number of hydrogen-bond acceptors (Lipinski definition) is 4. The van der Waals surface area contributed by atoms with Crippen molar-refractivity contribution < 1.29 is 18.0 Å². The van der Waals surface area contributed by atoms with Gasteiger partial charge in [-0.1, -0.05) is 91.3 Å². The van der Waals surface area contributed by atoms with E-state index in [1.165, 1.54) is 4.90 Å². The highest BCUT2D eigenvalue weighted by Crippen LogP contribution is 2.18. The van der Waals surface area contributed by atoms with E-state index in [9.17, 15) is 18.0 Å². The minimum Gasteiger partial charge on any atom is -0.354 e. The van der Waals surface area contributed by atoms with E-state index in [4.69, 9.17) is 11.6 Å². The van der Waals surface area contributed by atoms with Crippen LogP contribution in [-0.4, -0.2) is 54.8 Å². The summed E-state index contributed by atoms with van der Waals surface area (Å²) in [5, 5.41) is 3.48. The summed E-state index contributed by atoms with van der Waals surface area (Å²) in [6.07, 6.45) is 2.11. The second-order valence-corrected chi connectivity index (χ2v) is 11.6. The largest absolute Gasteiger partial charge is 0.354 e. The number of halogens is 1. The lowest BCUT2D eigenvalue weighted by molar-refractivity contribution is -0.141. The number of carbonyl (C=O) groups excluding carboxylic acids is 2. The van der Waals surface area contributed by atoms with E-state index < -0.39 is 28.5 Å². The number of benzene rings is 3. The molecule has 0 aromatic heterocycles. The van der Waals surface area contributed by atoms with Crippen LogP contribution in [0.15, 0.2) is 84.9 Å². The van der Waals surface area contributed by atoms with E-state index in [1.807, 2.05) is 67.6 Å². The molecule has 0 saturated heterocycles. The summed E-state index contributed by atoms with van der Waals surface area (Å²) in [6.45, 7) is 2.20. The van der Waals surface area contributed by atoms with Crippen molar-refractivity contribution in [1.29, 1.82) is 0 Å². The third-order valence-electron chi connectivity index (χ3n) is 6.07. The molecule has 1 unspecified atom stereocenters. The Bertz CT molecular complexity index is 1290. The zero-order valence-electron chi connectivity index (χ0n) is 21.7. The average Bonchev–Trinajstić information content (AvgIpc) is 2.90. The number of sulfonamides is 1. The monoisotopic (exact) mass is 555 g/mol. The predicted molar refractivity (Wildman–Crippen MR) is 151 cm³/mol. The van der Waals surface area contributed by atoms with Crippen LogP contribution in [0.4, 0.5) is 0 Å². The van der Waals surface area contributed by atoms with Crippen LogP contribution in [0, 0.1) is 0 Å². The van der Waals surface area contributed by atoms with E-state index in [-0.39, 0.29) is 25.4 Å². The molecule has 3 aromatic carbocycles. The summed E-state index contributed by atoms with van der Waals surface area (Å²) in [4.78, 5) is 28.8. The second-order valence-electron chi connectivity index (χ2n) is 9.16. The van der Waals surface area contributed by atoms with Gasteiger partial charge in [-0.05, 0) is 35.2 Å². The van der Waals surface area contributed by atoms with Crippen molar-refractivity contribution in [2.75, 3.05) is 19.3 Å². The molecule has 0 aliphatic carbocycles. The molecule has 2 amide bonds. The maximum absolute atomic E-state index is 13.9. The van der Waals surface area contributed by atoms with Gasteiger partial charge in [0.15, 0.2) is 0 Å². The summed E-state index contributed by atoms with van der Waals surface area (Å²) in [6, 6.07) is 24.8. The molecule has 1 N–H and O–H groups in total. The maximum atomic E-state index is 13.9. The van der Waals surface area contributed by atoms with Gasteiger partial charge in [0.2, 0.25) is 21.8 Å². The van der Waals surface area contributed by atoms with Crippen LogP contribution in [0.1, 0.15) is 30.0 Å². The first-order valence-corrected chi connectivity index (χ1v) is 14.7.